The molecule has 6 nitrogen and oxygen atoms in total. The number of rotatable bonds is 4. The van der Waals surface area contributed by atoms with E-state index in [-0.39, 0.29) is 0 Å². The van der Waals surface area contributed by atoms with Gasteiger partial charge in [-0.2, -0.15) is 0 Å². The van der Waals surface area contributed by atoms with E-state index in [1.54, 1.807) is 36.6 Å². The van der Waals surface area contributed by atoms with Crippen LogP contribution in [0.25, 0.3) is 0 Å². The smallest absolute Gasteiger partial charge is 0.278 e. The van der Waals surface area contributed by atoms with Gasteiger partial charge in [0.1, 0.15) is 11.5 Å². The number of hydrogen-bond donors (Lipinski definition) is 2. The Balaban J connectivity index is 1.67. The number of benzene rings is 1. The molecule has 114 valence electrons. The summed E-state index contributed by atoms with van der Waals surface area (Å²) in [4.78, 5) is 24.5. The standard InChI is InChI=1S/C16H16N2O4/c1-16(14(19)17-9-8-11-5-4-10-21-11)15(20)18-12-6-2-3-7-13(12)22-16/h2-7,10H,8-9H2,1H3,(H,17,19)(H,18,20). The van der Waals surface area contributed by atoms with Crippen LogP contribution in [0.15, 0.2) is 47.1 Å². The van der Waals surface area contributed by atoms with Crippen molar-refractivity contribution in [2.75, 3.05) is 11.9 Å². The van der Waals surface area contributed by atoms with Gasteiger partial charge in [-0.05, 0) is 31.2 Å². The van der Waals surface area contributed by atoms with E-state index >= 15 is 0 Å². The number of anilines is 1. The number of carbonyl (C=O) groups excluding carboxylic acids is 2. The van der Waals surface area contributed by atoms with Gasteiger partial charge in [0, 0.05) is 13.0 Å². The zero-order valence-corrected chi connectivity index (χ0v) is 12.1. The minimum absolute atomic E-state index is 0.361. The van der Waals surface area contributed by atoms with Crippen LogP contribution in [0.1, 0.15) is 12.7 Å². The number of amides is 2. The van der Waals surface area contributed by atoms with Gasteiger partial charge in [0.2, 0.25) is 0 Å². The third-order valence-electron chi connectivity index (χ3n) is 3.55. The summed E-state index contributed by atoms with van der Waals surface area (Å²) in [5, 5.41) is 5.40. The van der Waals surface area contributed by atoms with Gasteiger partial charge in [-0.25, -0.2) is 0 Å². The Bertz CT molecular complexity index is 696. The number of ether oxygens (including phenoxy) is 1. The zero-order valence-electron chi connectivity index (χ0n) is 12.1. The summed E-state index contributed by atoms with van der Waals surface area (Å²) >= 11 is 0. The minimum atomic E-state index is -1.59. The third kappa shape index (κ3) is 2.55. The van der Waals surface area contributed by atoms with Crippen molar-refractivity contribution >= 4 is 17.5 Å². The first-order valence-corrected chi connectivity index (χ1v) is 7.00. The molecule has 1 atom stereocenters. The average molecular weight is 300 g/mol. The molecule has 1 aromatic heterocycles. The van der Waals surface area contributed by atoms with E-state index in [4.69, 9.17) is 9.15 Å². The Labute approximate surface area is 127 Å². The molecule has 2 heterocycles. The number of hydrogen-bond acceptors (Lipinski definition) is 4. The second kappa shape index (κ2) is 5.55. The summed E-state index contributed by atoms with van der Waals surface area (Å²) < 4.78 is 10.8. The predicted octanol–water partition coefficient (Wildman–Crippen LogP) is 1.73. The lowest BCUT2D eigenvalue weighted by Gasteiger charge is -2.33. The van der Waals surface area contributed by atoms with E-state index in [2.05, 4.69) is 10.6 Å². The molecule has 2 amide bonds. The number of para-hydroxylation sites is 2. The molecule has 2 aromatic rings. The molecule has 0 saturated heterocycles. The Morgan fingerprint density at radius 3 is 2.86 bits per heavy atom. The van der Waals surface area contributed by atoms with Gasteiger partial charge in [-0.15, -0.1) is 0 Å². The first-order chi connectivity index (χ1) is 10.6. The maximum Gasteiger partial charge on any atom is 0.278 e. The van der Waals surface area contributed by atoms with Gasteiger partial charge in [0.05, 0.1) is 12.0 Å². The van der Waals surface area contributed by atoms with Gasteiger partial charge in [0.15, 0.2) is 0 Å². The van der Waals surface area contributed by atoms with Gasteiger partial charge >= 0.3 is 0 Å². The van der Waals surface area contributed by atoms with Crippen molar-refractivity contribution in [1.29, 1.82) is 0 Å². The predicted molar refractivity (Wildman–Crippen MR) is 79.5 cm³/mol. The highest BCUT2D eigenvalue weighted by atomic mass is 16.5. The molecule has 0 spiro atoms. The van der Waals surface area contributed by atoms with Crippen molar-refractivity contribution < 1.29 is 18.7 Å². The van der Waals surface area contributed by atoms with Gasteiger partial charge in [-0.3, -0.25) is 9.59 Å². The van der Waals surface area contributed by atoms with Crippen LogP contribution in [0.4, 0.5) is 5.69 Å². The van der Waals surface area contributed by atoms with Crippen molar-refractivity contribution in [3.05, 3.63) is 48.4 Å². The zero-order chi connectivity index (χ0) is 15.6. The largest absolute Gasteiger partial charge is 0.469 e. The highest BCUT2D eigenvalue weighted by molar-refractivity contribution is 6.15. The van der Waals surface area contributed by atoms with Crippen molar-refractivity contribution in [2.45, 2.75) is 18.9 Å². The van der Waals surface area contributed by atoms with E-state index in [0.717, 1.165) is 5.76 Å². The lowest BCUT2D eigenvalue weighted by atomic mass is 10.0. The molecular formula is C16H16N2O4. The quantitative estimate of drug-likeness (QED) is 0.843. The average Bonchev–Trinajstić information content (AvgIpc) is 3.01. The van der Waals surface area contributed by atoms with Crippen LogP contribution in [0.5, 0.6) is 5.75 Å². The molecule has 3 rings (SSSR count). The van der Waals surface area contributed by atoms with Crippen LogP contribution in [-0.4, -0.2) is 24.0 Å². The highest BCUT2D eigenvalue weighted by Gasteiger charge is 2.46. The number of furan rings is 1. The van der Waals surface area contributed by atoms with Crippen LogP contribution in [-0.2, 0) is 16.0 Å². The minimum Gasteiger partial charge on any atom is -0.469 e. The van der Waals surface area contributed by atoms with Gasteiger partial charge in [0.25, 0.3) is 17.4 Å². The number of fused-ring (bicyclic) bond motifs is 1. The van der Waals surface area contributed by atoms with Gasteiger partial charge in [-0.1, -0.05) is 12.1 Å². The molecule has 0 aliphatic carbocycles. The van der Waals surface area contributed by atoms with Crippen LogP contribution in [0.3, 0.4) is 0 Å². The Hall–Kier alpha value is -2.76. The summed E-state index contributed by atoms with van der Waals surface area (Å²) in [6, 6.07) is 10.6. The van der Waals surface area contributed by atoms with E-state index < -0.39 is 17.4 Å². The summed E-state index contributed by atoms with van der Waals surface area (Å²) in [5.74, 6) is 0.281. The molecule has 0 radical (unpaired) electrons. The molecule has 22 heavy (non-hydrogen) atoms. The van der Waals surface area contributed by atoms with E-state index in [1.807, 2.05) is 6.07 Å². The third-order valence-corrected chi connectivity index (χ3v) is 3.55. The topological polar surface area (TPSA) is 80.6 Å². The SMILES string of the molecule is CC1(C(=O)NCCc2ccco2)Oc2ccccc2NC1=O. The van der Waals surface area contributed by atoms with E-state index in [1.165, 1.54) is 6.92 Å². The second-order valence-corrected chi connectivity index (χ2v) is 5.17. The number of carbonyl (C=O) groups is 2. The second-order valence-electron chi connectivity index (χ2n) is 5.17. The van der Waals surface area contributed by atoms with Crippen LogP contribution in [0.2, 0.25) is 0 Å². The fourth-order valence-electron chi connectivity index (χ4n) is 2.24. The van der Waals surface area contributed by atoms with Crippen molar-refractivity contribution in [1.82, 2.24) is 5.32 Å². The van der Waals surface area contributed by atoms with Gasteiger partial charge < -0.3 is 19.8 Å². The molecular weight excluding hydrogens is 284 g/mol. The Kier molecular flexibility index (Phi) is 3.58. The molecule has 2 N–H and O–H groups in total. The molecule has 1 aromatic carbocycles. The Morgan fingerprint density at radius 2 is 2.09 bits per heavy atom. The summed E-state index contributed by atoms with van der Waals surface area (Å²) in [6.45, 7) is 1.82. The lowest BCUT2D eigenvalue weighted by Crippen LogP contribution is -2.58. The van der Waals surface area contributed by atoms with Crippen molar-refractivity contribution in [2.24, 2.45) is 0 Å². The summed E-state index contributed by atoms with van der Waals surface area (Å²) in [6.07, 6.45) is 2.13. The normalized spacial score (nSPS) is 19.8. The Morgan fingerprint density at radius 1 is 1.27 bits per heavy atom. The van der Waals surface area contributed by atoms with Crippen LogP contribution >= 0.6 is 0 Å². The maximum atomic E-state index is 12.3. The fourth-order valence-corrected chi connectivity index (χ4v) is 2.24. The lowest BCUT2D eigenvalue weighted by molar-refractivity contribution is -0.146. The molecule has 0 bridgehead atoms. The highest BCUT2D eigenvalue weighted by Crippen LogP contribution is 2.33. The molecule has 6 heteroatoms. The maximum absolute atomic E-state index is 12.3. The fraction of sp³-hybridized carbons (Fsp3) is 0.250. The summed E-state index contributed by atoms with van der Waals surface area (Å²) in [7, 11) is 0. The monoisotopic (exact) mass is 300 g/mol. The first kappa shape index (κ1) is 14.2. The van der Waals surface area contributed by atoms with Crippen LogP contribution < -0.4 is 15.4 Å². The molecule has 0 fully saturated rings. The van der Waals surface area contributed by atoms with E-state index in [9.17, 15) is 9.59 Å². The van der Waals surface area contributed by atoms with E-state index in [0.29, 0.717) is 24.4 Å². The number of nitrogens with one attached hydrogen (secondary N) is 2. The molecule has 1 aliphatic rings. The first-order valence-electron chi connectivity index (χ1n) is 7.00. The molecule has 0 saturated carbocycles. The summed E-state index contributed by atoms with van der Waals surface area (Å²) in [5.41, 5.74) is -1.02. The molecule has 1 aliphatic heterocycles. The van der Waals surface area contributed by atoms with Crippen molar-refractivity contribution in [3.63, 3.8) is 0 Å². The van der Waals surface area contributed by atoms with Crippen molar-refractivity contribution in [3.8, 4) is 5.75 Å². The molecule has 1 unspecified atom stereocenters. The van der Waals surface area contributed by atoms with Crippen LogP contribution in [0, 0.1) is 0 Å².